The number of nitrogens with zero attached hydrogens (tertiary/aromatic N) is 1. The van der Waals surface area contributed by atoms with Crippen LogP contribution in [-0.4, -0.2) is 35.1 Å². The van der Waals surface area contributed by atoms with E-state index in [4.69, 9.17) is 11.5 Å². The SMILES string of the molecule is C#CCN(CC(=O)O)C(=O)Nc1c(C)cc(C)cc1Br. The van der Waals surface area contributed by atoms with Gasteiger partial charge in [0.25, 0.3) is 0 Å². The number of halogens is 1. The number of aryl methyl sites for hydroxylation is 2. The van der Waals surface area contributed by atoms with Crippen LogP contribution in [0.25, 0.3) is 0 Å². The highest BCUT2D eigenvalue weighted by atomic mass is 79.9. The lowest BCUT2D eigenvalue weighted by Crippen LogP contribution is -2.39. The molecule has 2 N–H and O–H groups in total. The van der Waals surface area contributed by atoms with Crippen LogP contribution in [0.5, 0.6) is 0 Å². The summed E-state index contributed by atoms with van der Waals surface area (Å²) in [5.41, 5.74) is 2.53. The summed E-state index contributed by atoms with van der Waals surface area (Å²) in [4.78, 5) is 23.8. The molecular formula is C14H15BrN2O3. The number of urea groups is 1. The number of benzene rings is 1. The number of hydrogen-bond donors (Lipinski definition) is 2. The van der Waals surface area contributed by atoms with Gasteiger partial charge in [-0.25, -0.2) is 4.79 Å². The molecule has 0 aromatic heterocycles. The summed E-state index contributed by atoms with van der Waals surface area (Å²) in [7, 11) is 0. The predicted molar refractivity (Wildman–Crippen MR) is 80.7 cm³/mol. The van der Waals surface area contributed by atoms with E-state index >= 15 is 0 Å². The number of carboxylic acid groups (broad SMARTS) is 1. The lowest BCUT2D eigenvalue weighted by atomic mass is 10.1. The van der Waals surface area contributed by atoms with E-state index in [0.29, 0.717) is 5.69 Å². The summed E-state index contributed by atoms with van der Waals surface area (Å²) < 4.78 is 0.735. The number of anilines is 1. The van der Waals surface area contributed by atoms with Crippen molar-refractivity contribution in [2.24, 2.45) is 0 Å². The summed E-state index contributed by atoms with van der Waals surface area (Å²) in [5.74, 6) is 1.15. The molecule has 0 saturated carbocycles. The number of hydrogen-bond acceptors (Lipinski definition) is 2. The Morgan fingerprint density at radius 3 is 2.60 bits per heavy atom. The average molecular weight is 339 g/mol. The van der Waals surface area contributed by atoms with Crippen LogP contribution in [0.1, 0.15) is 11.1 Å². The van der Waals surface area contributed by atoms with Gasteiger partial charge in [-0.2, -0.15) is 0 Å². The zero-order chi connectivity index (χ0) is 15.3. The summed E-state index contributed by atoms with van der Waals surface area (Å²) in [5, 5.41) is 11.4. The van der Waals surface area contributed by atoms with E-state index in [9.17, 15) is 9.59 Å². The molecule has 0 saturated heterocycles. The molecule has 0 heterocycles. The van der Waals surface area contributed by atoms with Crippen molar-refractivity contribution < 1.29 is 14.7 Å². The van der Waals surface area contributed by atoms with E-state index < -0.39 is 18.5 Å². The number of nitrogens with one attached hydrogen (secondary N) is 1. The summed E-state index contributed by atoms with van der Waals surface area (Å²) in [6.07, 6.45) is 5.14. The van der Waals surface area contributed by atoms with Gasteiger partial charge in [0.2, 0.25) is 0 Å². The third-order valence-electron chi connectivity index (χ3n) is 2.56. The minimum Gasteiger partial charge on any atom is -0.480 e. The van der Waals surface area contributed by atoms with Gasteiger partial charge < -0.3 is 15.3 Å². The lowest BCUT2D eigenvalue weighted by molar-refractivity contribution is -0.137. The molecule has 0 bridgehead atoms. The maximum absolute atomic E-state index is 12.1. The van der Waals surface area contributed by atoms with Crippen LogP contribution in [0.3, 0.4) is 0 Å². The maximum Gasteiger partial charge on any atom is 0.323 e. The van der Waals surface area contributed by atoms with Crippen LogP contribution in [-0.2, 0) is 4.79 Å². The van der Waals surface area contributed by atoms with Crippen LogP contribution >= 0.6 is 15.9 Å². The van der Waals surface area contributed by atoms with E-state index in [2.05, 4.69) is 27.2 Å². The standard InChI is InChI=1S/C14H15BrN2O3/c1-4-5-17(8-12(18)19)14(20)16-13-10(3)6-9(2)7-11(13)15/h1,6-7H,5,8H2,2-3H3,(H,16,20)(H,18,19). The van der Waals surface area contributed by atoms with E-state index in [1.54, 1.807) is 0 Å². The average Bonchev–Trinajstić information content (AvgIpc) is 2.32. The first-order valence-electron chi connectivity index (χ1n) is 5.83. The number of carboxylic acids is 1. The zero-order valence-electron chi connectivity index (χ0n) is 11.2. The van der Waals surface area contributed by atoms with Crippen molar-refractivity contribution in [2.45, 2.75) is 13.8 Å². The monoisotopic (exact) mass is 338 g/mol. The maximum atomic E-state index is 12.1. The van der Waals surface area contributed by atoms with E-state index in [1.807, 2.05) is 26.0 Å². The van der Waals surface area contributed by atoms with E-state index in [-0.39, 0.29) is 6.54 Å². The van der Waals surface area contributed by atoms with Crippen molar-refractivity contribution in [1.82, 2.24) is 4.90 Å². The van der Waals surface area contributed by atoms with Crippen molar-refractivity contribution in [3.8, 4) is 12.3 Å². The molecule has 0 aliphatic carbocycles. The Labute approximate surface area is 126 Å². The quantitative estimate of drug-likeness (QED) is 0.829. The molecule has 106 valence electrons. The fourth-order valence-electron chi connectivity index (χ4n) is 1.73. The Hall–Kier alpha value is -2.00. The van der Waals surface area contributed by atoms with E-state index in [0.717, 1.165) is 20.5 Å². The Morgan fingerprint density at radius 2 is 2.10 bits per heavy atom. The minimum atomic E-state index is -1.12. The fraction of sp³-hybridized carbons (Fsp3) is 0.286. The minimum absolute atomic E-state index is 0.0688. The molecule has 0 unspecified atom stereocenters. The molecule has 0 aliphatic heterocycles. The van der Waals surface area contributed by atoms with Crippen LogP contribution in [0.4, 0.5) is 10.5 Å². The molecule has 20 heavy (non-hydrogen) atoms. The highest BCUT2D eigenvalue weighted by Gasteiger charge is 2.17. The van der Waals surface area contributed by atoms with Crippen LogP contribution in [0.15, 0.2) is 16.6 Å². The summed E-state index contributed by atoms with van der Waals surface area (Å²) >= 11 is 3.38. The Morgan fingerprint density at radius 1 is 1.45 bits per heavy atom. The molecule has 6 heteroatoms. The number of rotatable bonds is 4. The molecule has 1 aromatic rings. The molecule has 1 rings (SSSR count). The lowest BCUT2D eigenvalue weighted by Gasteiger charge is -2.20. The number of carbonyl (C=O) groups is 2. The number of carbonyl (C=O) groups excluding carboxylic acids is 1. The first kappa shape index (κ1) is 16.1. The third kappa shape index (κ3) is 4.28. The smallest absolute Gasteiger partial charge is 0.323 e. The van der Waals surface area contributed by atoms with Gasteiger partial charge in [-0.3, -0.25) is 4.79 Å². The summed E-state index contributed by atoms with van der Waals surface area (Å²) in [6.45, 7) is 3.29. The van der Waals surface area contributed by atoms with Crippen LogP contribution in [0, 0.1) is 26.2 Å². The van der Waals surface area contributed by atoms with Crippen molar-refractivity contribution in [3.05, 3.63) is 27.7 Å². The number of amides is 2. The van der Waals surface area contributed by atoms with Gasteiger partial charge in [-0.15, -0.1) is 6.42 Å². The summed E-state index contributed by atoms with van der Waals surface area (Å²) in [6, 6.07) is 3.24. The van der Waals surface area contributed by atoms with Crippen molar-refractivity contribution in [1.29, 1.82) is 0 Å². The Balaban J connectivity index is 2.94. The molecule has 0 atom stereocenters. The molecule has 1 aromatic carbocycles. The first-order valence-corrected chi connectivity index (χ1v) is 6.62. The largest absolute Gasteiger partial charge is 0.480 e. The second-order valence-electron chi connectivity index (χ2n) is 4.32. The zero-order valence-corrected chi connectivity index (χ0v) is 12.8. The third-order valence-corrected chi connectivity index (χ3v) is 3.18. The van der Waals surface area contributed by atoms with Gasteiger partial charge in [0.1, 0.15) is 6.54 Å². The van der Waals surface area contributed by atoms with Gasteiger partial charge in [-0.1, -0.05) is 12.0 Å². The molecule has 2 amide bonds. The molecule has 0 aliphatic rings. The first-order chi connectivity index (χ1) is 9.35. The predicted octanol–water partition coefficient (Wildman–Crippen LogP) is 2.62. The topological polar surface area (TPSA) is 69.6 Å². The van der Waals surface area contributed by atoms with Gasteiger partial charge in [0.05, 0.1) is 12.2 Å². The van der Waals surface area contributed by atoms with Crippen LogP contribution in [0.2, 0.25) is 0 Å². The Bertz CT molecular complexity index is 555. The molecule has 0 fully saturated rings. The normalized spacial score (nSPS) is 9.70. The highest BCUT2D eigenvalue weighted by molar-refractivity contribution is 9.10. The second kappa shape index (κ2) is 6.96. The van der Waals surface area contributed by atoms with Crippen molar-refractivity contribution in [3.63, 3.8) is 0 Å². The van der Waals surface area contributed by atoms with E-state index in [1.165, 1.54) is 0 Å². The van der Waals surface area contributed by atoms with Crippen molar-refractivity contribution in [2.75, 3.05) is 18.4 Å². The van der Waals surface area contributed by atoms with Gasteiger partial charge in [-0.05, 0) is 47.0 Å². The molecule has 0 spiro atoms. The fourth-order valence-corrected chi connectivity index (χ4v) is 2.51. The van der Waals surface area contributed by atoms with Crippen LogP contribution < -0.4 is 5.32 Å². The number of terminal acetylenes is 1. The van der Waals surface area contributed by atoms with Gasteiger partial charge in [0, 0.05) is 4.47 Å². The number of aliphatic carboxylic acids is 1. The Kier molecular flexibility index (Phi) is 5.59. The van der Waals surface area contributed by atoms with Gasteiger partial charge in [0.15, 0.2) is 0 Å². The van der Waals surface area contributed by atoms with Gasteiger partial charge >= 0.3 is 12.0 Å². The molecule has 5 nitrogen and oxygen atoms in total. The second-order valence-corrected chi connectivity index (χ2v) is 5.18. The highest BCUT2D eigenvalue weighted by Crippen LogP contribution is 2.27. The van der Waals surface area contributed by atoms with Crippen molar-refractivity contribution >= 4 is 33.6 Å². The molecule has 0 radical (unpaired) electrons. The molecular weight excluding hydrogens is 324 g/mol.